The van der Waals surface area contributed by atoms with Gasteiger partial charge in [0.25, 0.3) is 5.92 Å². The van der Waals surface area contributed by atoms with Crippen LogP contribution < -0.4 is 5.32 Å². The second-order valence-electron chi connectivity index (χ2n) is 11.4. The number of rotatable bonds is 9. The second-order valence-corrected chi connectivity index (χ2v) is 12.3. The molecule has 1 aromatic carbocycles. The number of alkyl halides is 2. The molecule has 6 rings (SSSR count). The SMILES string of the molecule is CCOC(=O)C1=C(CN2CC(F)(F)C3C2CCN3CC2(C(=O)O)CC2)NC(c2nccs2)=NC1c1cccc(F)c1C. The number of carboxylic acids is 1. The maximum atomic E-state index is 15.6. The molecule has 42 heavy (non-hydrogen) atoms. The zero-order valence-electron chi connectivity index (χ0n) is 23.3. The number of hydrogen-bond donors (Lipinski definition) is 2. The maximum Gasteiger partial charge on any atom is 0.338 e. The van der Waals surface area contributed by atoms with Crippen molar-refractivity contribution in [2.75, 3.05) is 32.8 Å². The molecule has 3 atom stereocenters. The molecule has 2 N–H and O–H groups in total. The topological polar surface area (TPSA) is 107 Å². The molecule has 4 heterocycles. The Morgan fingerprint density at radius 3 is 2.71 bits per heavy atom. The molecule has 0 amide bonds. The molecule has 0 bridgehead atoms. The Labute approximate surface area is 245 Å². The monoisotopic (exact) mass is 603 g/mol. The highest BCUT2D eigenvalue weighted by Crippen LogP contribution is 2.50. The number of benzene rings is 1. The fraction of sp³-hybridized carbons (Fsp3) is 0.517. The third-order valence-electron chi connectivity index (χ3n) is 8.82. The minimum Gasteiger partial charge on any atom is -0.481 e. The Morgan fingerprint density at radius 1 is 1.26 bits per heavy atom. The number of carbonyl (C=O) groups excluding carboxylic acids is 1. The second kappa shape index (κ2) is 10.8. The van der Waals surface area contributed by atoms with E-state index in [0.717, 1.165) is 0 Å². The molecule has 1 aromatic heterocycles. The number of aliphatic carboxylic acids is 1. The van der Waals surface area contributed by atoms with Gasteiger partial charge < -0.3 is 15.2 Å². The normalized spacial score (nSPS) is 26.5. The number of nitrogens with one attached hydrogen (secondary N) is 1. The van der Waals surface area contributed by atoms with Crippen LogP contribution in [0.2, 0.25) is 0 Å². The Bertz CT molecular complexity index is 1460. The molecule has 2 saturated heterocycles. The van der Waals surface area contributed by atoms with Gasteiger partial charge in [0, 0.05) is 43.0 Å². The van der Waals surface area contributed by atoms with Gasteiger partial charge in [-0.25, -0.2) is 22.9 Å². The first kappa shape index (κ1) is 28.8. The van der Waals surface area contributed by atoms with Crippen LogP contribution in [0.3, 0.4) is 0 Å². The fourth-order valence-corrected chi connectivity index (χ4v) is 7.14. The van der Waals surface area contributed by atoms with E-state index in [1.54, 1.807) is 47.4 Å². The number of ether oxygens (including phenoxy) is 1. The number of likely N-dealkylation sites (tertiary alicyclic amines) is 2. The predicted molar refractivity (Wildman–Crippen MR) is 149 cm³/mol. The lowest BCUT2D eigenvalue weighted by Gasteiger charge is -2.31. The lowest BCUT2D eigenvalue weighted by molar-refractivity contribution is -0.145. The smallest absolute Gasteiger partial charge is 0.338 e. The molecule has 13 heteroatoms. The van der Waals surface area contributed by atoms with E-state index in [1.165, 1.54) is 17.4 Å². The molecule has 9 nitrogen and oxygen atoms in total. The Kier molecular flexibility index (Phi) is 7.38. The third-order valence-corrected chi connectivity index (χ3v) is 9.60. The highest BCUT2D eigenvalue weighted by Gasteiger charge is 2.62. The van der Waals surface area contributed by atoms with Crippen molar-refractivity contribution >= 4 is 29.1 Å². The first-order valence-electron chi connectivity index (χ1n) is 14.0. The lowest BCUT2D eigenvalue weighted by Crippen LogP contribution is -2.48. The van der Waals surface area contributed by atoms with Gasteiger partial charge in [0.2, 0.25) is 0 Å². The van der Waals surface area contributed by atoms with Gasteiger partial charge in [-0.1, -0.05) is 12.1 Å². The number of carbonyl (C=O) groups is 2. The van der Waals surface area contributed by atoms with Gasteiger partial charge in [-0.2, -0.15) is 0 Å². The van der Waals surface area contributed by atoms with Crippen LogP contribution in [0.25, 0.3) is 0 Å². The Hall–Kier alpha value is -3.29. The maximum absolute atomic E-state index is 15.6. The molecular weight excluding hydrogens is 571 g/mol. The van der Waals surface area contributed by atoms with Crippen molar-refractivity contribution in [2.24, 2.45) is 10.4 Å². The number of nitrogens with zero attached hydrogens (tertiary/aromatic N) is 4. The molecule has 224 valence electrons. The summed E-state index contributed by atoms with van der Waals surface area (Å²) in [5.41, 5.74) is 0.320. The average molecular weight is 604 g/mol. The largest absolute Gasteiger partial charge is 0.481 e. The molecule has 2 aromatic rings. The van der Waals surface area contributed by atoms with Gasteiger partial charge in [0.1, 0.15) is 11.9 Å². The van der Waals surface area contributed by atoms with Crippen LogP contribution >= 0.6 is 11.3 Å². The van der Waals surface area contributed by atoms with Crippen molar-refractivity contribution in [1.29, 1.82) is 0 Å². The summed E-state index contributed by atoms with van der Waals surface area (Å²) in [5, 5.41) is 15.2. The van der Waals surface area contributed by atoms with Gasteiger partial charge in [0.15, 0.2) is 10.8 Å². The summed E-state index contributed by atoms with van der Waals surface area (Å²) in [6.07, 6.45) is 3.03. The Balaban J connectivity index is 1.37. The summed E-state index contributed by atoms with van der Waals surface area (Å²) in [5.74, 6) is -4.78. The third kappa shape index (κ3) is 5.01. The van der Waals surface area contributed by atoms with Crippen molar-refractivity contribution in [3.05, 3.63) is 63.0 Å². The molecule has 4 aliphatic rings. The summed E-state index contributed by atoms with van der Waals surface area (Å²) < 4.78 is 51.4. The van der Waals surface area contributed by atoms with Crippen LogP contribution in [0.1, 0.15) is 48.4 Å². The highest BCUT2D eigenvalue weighted by atomic mass is 32.1. The molecule has 3 aliphatic heterocycles. The van der Waals surface area contributed by atoms with E-state index >= 15 is 8.78 Å². The zero-order valence-corrected chi connectivity index (χ0v) is 24.1. The first-order valence-corrected chi connectivity index (χ1v) is 14.9. The number of aliphatic imine (C=N–C) groups is 1. The molecular formula is C29H32F3N5O4S. The van der Waals surface area contributed by atoms with E-state index in [0.29, 0.717) is 53.5 Å². The van der Waals surface area contributed by atoms with Crippen molar-refractivity contribution in [1.82, 2.24) is 20.1 Å². The van der Waals surface area contributed by atoms with E-state index in [-0.39, 0.29) is 25.3 Å². The fourth-order valence-electron chi connectivity index (χ4n) is 6.55. The number of amidine groups is 1. The molecule has 3 fully saturated rings. The molecule has 1 saturated carbocycles. The predicted octanol–water partition coefficient (Wildman–Crippen LogP) is 3.76. The van der Waals surface area contributed by atoms with Crippen LogP contribution in [0.4, 0.5) is 13.2 Å². The van der Waals surface area contributed by atoms with Crippen LogP contribution in [-0.4, -0.2) is 88.5 Å². The number of hydrogen-bond acceptors (Lipinski definition) is 9. The Morgan fingerprint density at radius 2 is 2.05 bits per heavy atom. The van der Waals surface area contributed by atoms with Gasteiger partial charge in [-0.3, -0.25) is 19.6 Å². The van der Waals surface area contributed by atoms with Crippen LogP contribution in [0.5, 0.6) is 0 Å². The number of thiazole rings is 1. The van der Waals surface area contributed by atoms with Crippen molar-refractivity contribution in [3.8, 4) is 0 Å². The summed E-state index contributed by atoms with van der Waals surface area (Å²) in [6.45, 7) is 3.25. The standard InChI is InChI=1S/C29H32F3N5O4S/c1-3-41-26(38)21-19(34-24(25-33-10-12-42-25)35-22(21)17-5-4-6-18(30)16(17)2)13-37-15-29(31,32)23-20(37)7-11-36(23)14-28(8-9-28)27(39)40/h4-6,10,12,20,22-23H,3,7-9,11,13-15H2,1-2H3,(H,34,35)(H,39,40). The number of halogens is 3. The average Bonchev–Trinajstić information content (AvgIpc) is 3.25. The number of carboxylic acid groups (broad SMARTS) is 1. The van der Waals surface area contributed by atoms with Crippen molar-refractivity contribution in [2.45, 2.75) is 57.2 Å². The van der Waals surface area contributed by atoms with Crippen LogP contribution in [0.15, 0.2) is 46.0 Å². The summed E-state index contributed by atoms with van der Waals surface area (Å²) in [6, 6.07) is 1.95. The van der Waals surface area contributed by atoms with Crippen molar-refractivity contribution in [3.63, 3.8) is 0 Å². The summed E-state index contributed by atoms with van der Waals surface area (Å²) in [7, 11) is 0. The van der Waals surface area contributed by atoms with Crippen LogP contribution in [0, 0.1) is 18.2 Å². The first-order chi connectivity index (χ1) is 20.0. The lowest BCUT2D eigenvalue weighted by atomic mass is 9.92. The molecule has 3 unspecified atom stereocenters. The van der Waals surface area contributed by atoms with Gasteiger partial charge in [-0.15, -0.1) is 11.3 Å². The molecule has 0 radical (unpaired) electrons. The van der Waals surface area contributed by atoms with E-state index in [9.17, 15) is 19.1 Å². The van der Waals surface area contributed by atoms with E-state index in [1.807, 2.05) is 0 Å². The number of esters is 1. The quantitative estimate of drug-likeness (QED) is 0.418. The number of fused-ring (bicyclic) bond motifs is 1. The minimum absolute atomic E-state index is 0.0297. The van der Waals surface area contributed by atoms with Crippen molar-refractivity contribution < 1.29 is 32.6 Å². The van der Waals surface area contributed by atoms with Gasteiger partial charge >= 0.3 is 11.9 Å². The van der Waals surface area contributed by atoms with E-state index in [4.69, 9.17) is 9.73 Å². The molecule has 0 spiro atoms. The van der Waals surface area contributed by atoms with Gasteiger partial charge in [0.05, 0.1) is 30.2 Å². The number of aromatic nitrogens is 1. The van der Waals surface area contributed by atoms with E-state index in [2.05, 4.69) is 10.3 Å². The summed E-state index contributed by atoms with van der Waals surface area (Å²) in [4.78, 5) is 37.7. The van der Waals surface area contributed by atoms with Gasteiger partial charge in [-0.05, 0) is 50.3 Å². The highest BCUT2D eigenvalue weighted by molar-refractivity contribution is 7.11. The summed E-state index contributed by atoms with van der Waals surface area (Å²) >= 11 is 1.32. The molecule has 1 aliphatic carbocycles. The minimum atomic E-state index is -3.08. The van der Waals surface area contributed by atoms with E-state index < -0.39 is 53.8 Å². The zero-order chi connectivity index (χ0) is 29.8. The van der Waals surface area contributed by atoms with Crippen LogP contribution in [-0.2, 0) is 14.3 Å².